The molecule has 0 bridgehead atoms. The molecule has 2 atom stereocenters. The number of Topliss-reactive ketones (excluding diaryl/α,β-unsaturated/α-hetero) is 1. The summed E-state index contributed by atoms with van der Waals surface area (Å²) in [5.41, 5.74) is 2.58. The van der Waals surface area contributed by atoms with Gasteiger partial charge >= 0.3 is 0 Å². The minimum Gasteiger partial charge on any atom is -0.290 e. The summed E-state index contributed by atoms with van der Waals surface area (Å²) in [4.78, 5) is 20.4. The van der Waals surface area contributed by atoms with Crippen molar-refractivity contribution in [2.75, 3.05) is 0 Å². The Hall–Kier alpha value is -3.48. The minimum atomic E-state index is -3.86. The van der Waals surface area contributed by atoms with E-state index in [-0.39, 0.29) is 28.7 Å². The average Bonchev–Trinajstić information content (AvgIpc) is 3.88. The fourth-order valence-corrected chi connectivity index (χ4v) is 9.88. The van der Waals surface area contributed by atoms with Gasteiger partial charge in [-0.05, 0) is 99.3 Å². The van der Waals surface area contributed by atoms with Crippen molar-refractivity contribution in [3.05, 3.63) is 81.5 Å². The molecule has 3 saturated carbocycles. The van der Waals surface area contributed by atoms with Gasteiger partial charge in [-0.2, -0.15) is 14.5 Å². The van der Waals surface area contributed by atoms with Gasteiger partial charge in [0.05, 0.1) is 23.0 Å². The molecule has 0 saturated heterocycles. The maximum absolute atomic E-state index is 14.7. The third-order valence-corrected chi connectivity index (χ3v) is 12.4. The van der Waals surface area contributed by atoms with E-state index >= 15 is 0 Å². The lowest BCUT2D eigenvalue weighted by molar-refractivity contribution is 0.0738. The van der Waals surface area contributed by atoms with Crippen molar-refractivity contribution < 1.29 is 17.6 Å². The number of allylic oxidation sites excluding steroid dienone is 1. The molecular formula is C31H31FN6O3S2. The van der Waals surface area contributed by atoms with Crippen molar-refractivity contribution in [3.8, 4) is 5.69 Å². The van der Waals surface area contributed by atoms with E-state index in [1.54, 1.807) is 46.6 Å². The third kappa shape index (κ3) is 4.53. The van der Waals surface area contributed by atoms with Crippen LogP contribution in [0.15, 0.2) is 59.5 Å². The number of thiazole rings is 1. The summed E-state index contributed by atoms with van der Waals surface area (Å²) in [6.07, 6.45) is 13.2. The van der Waals surface area contributed by atoms with Gasteiger partial charge in [0.2, 0.25) is 5.78 Å². The van der Waals surface area contributed by atoms with Crippen LogP contribution >= 0.6 is 11.3 Å². The van der Waals surface area contributed by atoms with Crippen LogP contribution in [-0.2, 0) is 23.5 Å². The Labute approximate surface area is 253 Å². The van der Waals surface area contributed by atoms with Crippen LogP contribution < -0.4 is 0 Å². The minimum absolute atomic E-state index is 0.0356. The first-order valence-corrected chi connectivity index (χ1v) is 17.1. The Morgan fingerprint density at radius 1 is 1.07 bits per heavy atom. The highest BCUT2D eigenvalue weighted by Crippen LogP contribution is 2.53. The number of aryl methyl sites for hydroxylation is 1. The van der Waals surface area contributed by atoms with Crippen molar-refractivity contribution >= 4 is 33.2 Å². The van der Waals surface area contributed by atoms with E-state index in [2.05, 4.69) is 21.3 Å². The first kappa shape index (κ1) is 27.1. The SMILES string of the molecule is Cn1ccc(S(=O)(=O)N(C2CC2)[C@H]2CCC3=Cc4c(cnn4-c4ccc(F)cc4)C[C@]3(C(=O)c3ncc(C4CC4)s3)C2)n1. The number of benzene rings is 1. The van der Waals surface area contributed by atoms with Crippen molar-refractivity contribution in [2.45, 2.75) is 74.4 Å². The predicted molar refractivity (Wildman–Crippen MR) is 159 cm³/mol. The Morgan fingerprint density at radius 3 is 2.56 bits per heavy atom. The van der Waals surface area contributed by atoms with Crippen LogP contribution in [0, 0.1) is 11.2 Å². The molecule has 0 amide bonds. The number of ketones is 1. The molecule has 3 fully saturated rings. The topological polar surface area (TPSA) is 103 Å². The molecule has 1 aromatic carbocycles. The molecule has 4 aromatic rings. The Balaban J connectivity index is 1.21. The molecule has 0 N–H and O–H groups in total. The quantitative estimate of drug-likeness (QED) is 0.249. The zero-order valence-corrected chi connectivity index (χ0v) is 25.3. The van der Waals surface area contributed by atoms with Crippen LogP contribution in [0.5, 0.6) is 0 Å². The first-order valence-electron chi connectivity index (χ1n) is 14.8. The van der Waals surface area contributed by atoms with E-state index in [4.69, 9.17) is 0 Å². The number of hydrogen-bond acceptors (Lipinski definition) is 7. The second-order valence-electron chi connectivity index (χ2n) is 12.3. The van der Waals surface area contributed by atoms with Gasteiger partial charge in [-0.1, -0.05) is 5.57 Å². The van der Waals surface area contributed by atoms with Gasteiger partial charge in [0.1, 0.15) is 5.82 Å². The summed E-state index contributed by atoms with van der Waals surface area (Å²) >= 11 is 1.49. The van der Waals surface area contributed by atoms with E-state index in [0.29, 0.717) is 36.6 Å². The van der Waals surface area contributed by atoms with Crippen LogP contribution in [0.3, 0.4) is 0 Å². The van der Waals surface area contributed by atoms with E-state index in [1.165, 1.54) is 28.2 Å². The van der Waals surface area contributed by atoms with Crippen LogP contribution in [0.2, 0.25) is 0 Å². The van der Waals surface area contributed by atoms with Crippen molar-refractivity contribution in [1.29, 1.82) is 0 Å². The number of nitrogens with zero attached hydrogens (tertiary/aromatic N) is 6. The number of halogens is 1. The number of carbonyl (C=O) groups excluding carboxylic acids is 1. The molecule has 0 aliphatic heterocycles. The van der Waals surface area contributed by atoms with Gasteiger partial charge in [-0.25, -0.2) is 22.5 Å². The predicted octanol–water partition coefficient (Wildman–Crippen LogP) is 5.29. The van der Waals surface area contributed by atoms with E-state index < -0.39 is 15.4 Å². The zero-order chi connectivity index (χ0) is 29.5. The lowest BCUT2D eigenvalue weighted by atomic mass is 9.61. The average molecular weight is 619 g/mol. The molecule has 3 aromatic heterocycles. The molecule has 12 heteroatoms. The van der Waals surface area contributed by atoms with Gasteiger partial charge in [-0.15, -0.1) is 11.3 Å². The summed E-state index contributed by atoms with van der Waals surface area (Å²) in [5, 5.41) is 9.42. The van der Waals surface area contributed by atoms with Gasteiger partial charge < -0.3 is 0 Å². The summed E-state index contributed by atoms with van der Waals surface area (Å²) < 4.78 is 46.6. The molecule has 9 nitrogen and oxygen atoms in total. The zero-order valence-electron chi connectivity index (χ0n) is 23.7. The highest BCUT2D eigenvalue weighted by atomic mass is 32.2. The molecule has 3 heterocycles. The van der Waals surface area contributed by atoms with Crippen LogP contribution in [0.1, 0.15) is 76.8 Å². The molecular weight excluding hydrogens is 588 g/mol. The summed E-state index contributed by atoms with van der Waals surface area (Å²) in [6.45, 7) is 0. The van der Waals surface area contributed by atoms with Crippen molar-refractivity contribution in [3.63, 3.8) is 0 Å². The first-order chi connectivity index (χ1) is 20.7. The maximum Gasteiger partial charge on any atom is 0.262 e. The molecule has 0 spiro atoms. The third-order valence-electron chi connectivity index (χ3n) is 9.34. The Kier molecular flexibility index (Phi) is 6.15. The lowest BCUT2D eigenvalue weighted by Crippen LogP contribution is -2.51. The maximum atomic E-state index is 14.7. The summed E-state index contributed by atoms with van der Waals surface area (Å²) in [7, 11) is -2.15. The molecule has 0 unspecified atom stereocenters. The van der Waals surface area contributed by atoms with Crippen LogP contribution in [0.25, 0.3) is 11.8 Å². The smallest absolute Gasteiger partial charge is 0.262 e. The Bertz CT molecular complexity index is 1880. The number of aromatic nitrogens is 5. The highest BCUT2D eigenvalue weighted by molar-refractivity contribution is 7.89. The molecule has 8 rings (SSSR count). The number of rotatable bonds is 8. The molecule has 0 radical (unpaired) electrons. The van der Waals surface area contributed by atoms with E-state index in [1.807, 2.05) is 6.20 Å². The highest BCUT2D eigenvalue weighted by Gasteiger charge is 2.54. The standard InChI is InChI=1S/C31H31FN6O3S2/c1-36-13-12-28(35-36)43(40,41)38(24-10-11-24)25-7-4-21-14-26-20(17-34-37(26)23-8-5-22(32)6-9-23)15-31(21,16-25)29(39)30-33-18-27(42-30)19-2-3-19/h5-6,8-9,12-14,17-19,24-25H,2-4,7,10-11,15-16H2,1H3/t25-,31-/m0/s1. The van der Waals surface area contributed by atoms with Gasteiger partial charge in [0.25, 0.3) is 10.0 Å². The number of carbonyl (C=O) groups is 1. The van der Waals surface area contributed by atoms with E-state index in [9.17, 15) is 17.6 Å². The molecule has 4 aliphatic carbocycles. The number of hydrogen-bond donors (Lipinski definition) is 0. The summed E-state index contributed by atoms with van der Waals surface area (Å²) in [6, 6.07) is 7.31. The molecule has 222 valence electrons. The lowest BCUT2D eigenvalue weighted by Gasteiger charge is -2.46. The van der Waals surface area contributed by atoms with Crippen molar-refractivity contribution in [1.82, 2.24) is 28.9 Å². The van der Waals surface area contributed by atoms with Crippen molar-refractivity contribution in [2.24, 2.45) is 12.5 Å². The second-order valence-corrected chi connectivity index (χ2v) is 15.2. The number of sulfonamides is 1. The normalized spacial score (nSPS) is 23.6. The molecule has 4 aliphatic rings. The van der Waals surface area contributed by atoms with Gasteiger partial charge in [0.15, 0.2) is 10.0 Å². The number of fused-ring (bicyclic) bond motifs is 2. The fourth-order valence-electron chi connectivity index (χ4n) is 6.90. The molecule has 43 heavy (non-hydrogen) atoms. The van der Waals surface area contributed by atoms with Gasteiger partial charge in [0, 0.05) is 36.4 Å². The second kappa shape index (κ2) is 9.76. The monoisotopic (exact) mass is 618 g/mol. The van der Waals surface area contributed by atoms with Gasteiger partial charge in [-0.3, -0.25) is 9.48 Å². The van der Waals surface area contributed by atoms with Crippen LogP contribution in [0.4, 0.5) is 4.39 Å². The van der Waals surface area contributed by atoms with Crippen LogP contribution in [-0.4, -0.2) is 55.1 Å². The van der Waals surface area contributed by atoms with E-state index in [0.717, 1.165) is 53.1 Å². The fraction of sp³-hybridized carbons (Fsp3) is 0.419. The Morgan fingerprint density at radius 2 is 1.86 bits per heavy atom. The largest absolute Gasteiger partial charge is 0.290 e. The summed E-state index contributed by atoms with van der Waals surface area (Å²) in [5.74, 6) is 0.138.